The van der Waals surface area contributed by atoms with Crippen molar-refractivity contribution in [3.8, 4) is 22.9 Å². The van der Waals surface area contributed by atoms with Crippen LogP contribution in [-0.2, 0) is 0 Å². The maximum Gasteiger partial charge on any atom is 0.323 e. The molecule has 0 saturated heterocycles. The highest BCUT2D eigenvalue weighted by atomic mass is 16.5. The molecule has 9 heteroatoms. The molecule has 0 atom stereocenters. The Morgan fingerprint density at radius 1 is 0.853 bits per heavy atom. The summed E-state index contributed by atoms with van der Waals surface area (Å²) in [7, 11) is 5.69. The largest absolute Gasteiger partial charge is 0.438 e. The van der Waals surface area contributed by atoms with Crippen molar-refractivity contribution >= 4 is 29.0 Å². The van der Waals surface area contributed by atoms with Gasteiger partial charge in [0.2, 0.25) is 11.8 Å². The Bertz CT molecular complexity index is 1260. The van der Waals surface area contributed by atoms with Gasteiger partial charge in [-0.1, -0.05) is 0 Å². The van der Waals surface area contributed by atoms with Crippen LogP contribution in [0.5, 0.6) is 11.6 Å². The fraction of sp³-hybridized carbons (Fsp3) is 0.120. The van der Waals surface area contributed by atoms with Crippen LogP contribution in [0, 0.1) is 0 Å². The molecule has 0 radical (unpaired) electrons. The zero-order valence-corrected chi connectivity index (χ0v) is 19.1. The number of nitrogens with zero attached hydrogens (tertiary/aromatic N) is 4. The molecule has 4 aromatic rings. The molecule has 2 amide bonds. The van der Waals surface area contributed by atoms with E-state index in [9.17, 15) is 4.79 Å². The average Bonchev–Trinajstić information content (AvgIpc) is 2.86. The van der Waals surface area contributed by atoms with Gasteiger partial charge in [0.25, 0.3) is 0 Å². The van der Waals surface area contributed by atoms with E-state index >= 15 is 0 Å². The minimum Gasteiger partial charge on any atom is -0.438 e. The average molecular weight is 456 g/mol. The summed E-state index contributed by atoms with van der Waals surface area (Å²) in [6, 6.07) is 19.8. The van der Waals surface area contributed by atoms with E-state index in [-0.39, 0.29) is 6.03 Å². The number of rotatable bonds is 7. The summed E-state index contributed by atoms with van der Waals surface area (Å²) in [5.74, 6) is 1.51. The smallest absolute Gasteiger partial charge is 0.323 e. The predicted molar refractivity (Wildman–Crippen MR) is 135 cm³/mol. The number of ether oxygens (including phenoxy) is 1. The van der Waals surface area contributed by atoms with Crippen molar-refractivity contribution in [2.45, 2.75) is 0 Å². The highest BCUT2D eigenvalue weighted by Gasteiger charge is 2.11. The van der Waals surface area contributed by atoms with Gasteiger partial charge in [0.15, 0.2) is 0 Å². The molecule has 0 saturated carbocycles. The number of pyridine rings is 1. The Morgan fingerprint density at radius 3 is 2.18 bits per heavy atom. The van der Waals surface area contributed by atoms with Gasteiger partial charge in [-0.2, -0.15) is 0 Å². The van der Waals surface area contributed by atoms with Crippen molar-refractivity contribution in [1.82, 2.24) is 15.0 Å². The number of amides is 2. The first-order chi connectivity index (χ1) is 16.5. The van der Waals surface area contributed by atoms with Crippen LogP contribution in [0.4, 0.5) is 27.8 Å². The number of benzene rings is 2. The highest BCUT2D eigenvalue weighted by Crippen LogP contribution is 2.31. The number of nitrogens with one attached hydrogen (secondary N) is 3. The lowest BCUT2D eigenvalue weighted by molar-refractivity contribution is 0.262. The number of carbonyl (C=O) groups is 1. The third-order valence-corrected chi connectivity index (χ3v) is 4.89. The summed E-state index contributed by atoms with van der Waals surface area (Å²) < 4.78 is 6.00. The van der Waals surface area contributed by atoms with Crippen LogP contribution >= 0.6 is 0 Å². The topological polar surface area (TPSA) is 104 Å². The zero-order chi connectivity index (χ0) is 23.9. The van der Waals surface area contributed by atoms with Gasteiger partial charge in [0.1, 0.15) is 5.75 Å². The second-order valence-corrected chi connectivity index (χ2v) is 7.52. The SMILES string of the molecule is CNc1nccc(-c2cccnc2Oc2ccc(NC(=O)Nc3ccc(N(C)C)cc3)cc2)n1. The second-order valence-electron chi connectivity index (χ2n) is 7.52. The van der Waals surface area contributed by atoms with Crippen molar-refractivity contribution < 1.29 is 9.53 Å². The van der Waals surface area contributed by atoms with Gasteiger partial charge in [0, 0.05) is 50.6 Å². The number of aromatic nitrogens is 3. The molecule has 0 aliphatic rings. The summed E-state index contributed by atoms with van der Waals surface area (Å²) in [5.41, 5.74) is 3.82. The molecule has 0 unspecified atom stereocenters. The number of hydrogen-bond donors (Lipinski definition) is 3. The number of urea groups is 1. The second kappa shape index (κ2) is 10.3. The first-order valence-corrected chi connectivity index (χ1v) is 10.6. The molecule has 2 aromatic carbocycles. The summed E-state index contributed by atoms with van der Waals surface area (Å²) in [4.78, 5) is 27.3. The van der Waals surface area contributed by atoms with Crippen molar-refractivity contribution in [1.29, 1.82) is 0 Å². The highest BCUT2D eigenvalue weighted by molar-refractivity contribution is 5.99. The lowest BCUT2D eigenvalue weighted by Crippen LogP contribution is -2.19. The summed E-state index contributed by atoms with van der Waals surface area (Å²) in [6.45, 7) is 0. The number of carbonyl (C=O) groups excluding carboxylic acids is 1. The van der Waals surface area contributed by atoms with Gasteiger partial charge < -0.3 is 25.6 Å². The van der Waals surface area contributed by atoms with E-state index in [2.05, 4.69) is 30.9 Å². The van der Waals surface area contributed by atoms with E-state index in [4.69, 9.17) is 4.74 Å². The van der Waals surface area contributed by atoms with E-state index in [1.807, 2.05) is 55.4 Å². The van der Waals surface area contributed by atoms with Crippen molar-refractivity contribution in [3.05, 3.63) is 79.1 Å². The summed E-state index contributed by atoms with van der Waals surface area (Å²) >= 11 is 0. The lowest BCUT2D eigenvalue weighted by atomic mass is 10.2. The van der Waals surface area contributed by atoms with Crippen LogP contribution in [0.1, 0.15) is 0 Å². The molecular weight excluding hydrogens is 430 g/mol. The Morgan fingerprint density at radius 2 is 1.53 bits per heavy atom. The van der Waals surface area contributed by atoms with E-state index in [1.165, 1.54) is 0 Å². The van der Waals surface area contributed by atoms with Crippen LogP contribution in [-0.4, -0.2) is 42.1 Å². The molecular formula is C25H25N7O2. The standard InChI is InChI=1S/C25H25N7O2/c1-26-24-28-16-14-22(31-24)21-5-4-15-27-23(21)34-20-12-8-18(9-13-20)30-25(33)29-17-6-10-19(11-7-17)32(2)3/h4-16H,1-3H3,(H,26,28,31)(H2,29,30,33). The third-order valence-electron chi connectivity index (χ3n) is 4.89. The molecule has 0 spiro atoms. The van der Waals surface area contributed by atoms with Crippen LogP contribution < -0.4 is 25.6 Å². The van der Waals surface area contributed by atoms with E-state index in [0.29, 0.717) is 34.6 Å². The van der Waals surface area contributed by atoms with Gasteiger partial charge in [-0.05, 0) is 66.7 Å². The van der Waals surface area contributed by atoms with Crippen molar-refractivity contribution in [3.63, 3.8) is 0 Å². The zero-order valence-electron chi connectivity index (χ0n) is 19.1. The minimum atomic E-state index is -0.331. The van der Waals surface area contributed by atoms with E-state index < -0.39 is 0 Å². The molecule has 2 aromatic heterocycles. The van der Waals surface area contributed by atoms with E-state index in [1.54, 1.807) is 49.8 Å². The maximum atomic E-state index is 12.3. The number of hydrogen-bond acceptors (Lipinski definition) is 7. The van der Waals surface area contributed by atoms with Gasteiger partial charge in [-0.15, -0.1) is 0 Å². The number of anilines is 4. The Hall–Kier alpha value is -4.66. The molecule has 0 bridgehead atoms. The quantitative estimate of drug-likeness (QED) is 0.357. The Balaban J connectivity index is 1.41. The summed E-state index contributed by atoms with van der Waals surface area (Å²) in [5, 5.41) is 8.56. The van der Waals surface area contributed by atoms with E-state index in [0.717, 1.165) is 11.3 Å². The van der Waals surface area contributed by atoms with Gasteiger partial charge in [-0.3, -0.25) is 0 Å². The molecule has 9 nitrogen and oxygen atoms in total. The molecule has 0 aliphatic heterocycles. The normalized spacial score (nSPS) is 10.3. The molecule has 34 heavy (non-hydrogen) atoms. The fourth-order valence-electron chi connectivity index (χ4n) is 3.15. The molecule has 0 aliphatic carbocycles. The fourth-order valence-corrected chi connectivity index (χ4v) is 3.15. The summed E-state index contributed by atoms with van der Waals surface area (Å²) in [6.07, 6.45) is 3.33. The van der Waals surface area contributed by atoms with Gasteiger partial charge >= 0.3 is 6.03 Å². The van der Waals surface area contributed by atoms with Crippen LogP contribution in [0.3, 0.4) is 0 Å². The molecule has 4 rings (SSSR count). The Labute approximate surface area is 197 Å². The van der Waals surface area contributed by atoms with Crippen LogP contribution in [0.2, 0.25) is 0 Å². The van der Waals surface area contributed by atoms with Gasteiger partial charge in [0.05, 0.1) is 11.3 Å². The first-order valence-electron chi connectivity index (χ1n) is 10.6. The molecule has 3 N–H and O–H groups in total. The Kier molecular flexibility index (Phi) is 6.83. The van der Waals surface area contributed by atoms with Crippen LogP contribution in [0.15, 0.2) is 79.1 Å². The molecule has 0 fully saturated rings. The first kappa shape index (κ1) is 22.5. The molecule has 2 heterocycles. The predicted octanol–water partition coefficient (Wildman–Crippen LogP) is 5.08. The minimum absolute atomic E-state index is 0.331. The molecule has 172 valence electrons. The van der Waals surface area contributed by atoms with Crippen molar-refractivity contribution in [2.75, 3.05) is 42.0 Å². The van der Waals surface area contributed by atoms with Gasteiger partial charge in [-0.25, -0.2) is 19.7 Å². The lowest BCUT2D eigenvalue weighted by Gasteiger charge is -2.13. The van der Waals surface area contributed by atoms with Crippen LogP contribution in [0.25, 0.3) is 11.3 Å². The van der Waals surface area contributed by atoms with Crippen molar-refractivity contribution in [2.24, 2.45) is 0 Å². The third kappa shape index (κ3) is 5.57. The monoisotopic (exact) mass is 455 g/mol. The maximum absolute atomic E-state index is 12.3.